The van der Waals surface area contributed by atoms with Gasteiger partial charge in [0.2, 0.25) is 0 Å². The van der Waals surface area contributed by atoms with Gasteiger partial charge in [0.05, 0.1) is 23.3 Å². The highest BCUT2D eigenvalue weighted by Gasteiger charge is 2.33. The van der Waals surface area contributed by atoms with Gasteiger partial charge >= 0.3 is 6.18 Å². The summed E-state index contributed by atoms with van der Waals surface area (Å²) in [6.45, 7) is -0.0121. The average molecular weight is 276 g/mol. The van der Waals surface area contributed by atoms with Crippen molar-refractivity contribution in [1.29, 1.82) is 0 Å². The summed E-state index contributed by atoms with van der Waals surface area (Å²) in [6, 6.07) is 3.68. The zero-order valence-electron chi connectivity index (χ0n) is 9.08. The Morgan fingerprint density at radius 2 is 2.06 bits per heavy atom. The lowest BCUT2D eigenvalue weighted by Gasteiger charge is -2.13. The molecule has 0 saturated carbocycles. The maximum absolute atomic E-state index is 12.8. The Balaban J connectivity index is 2.38. The van der Waals surface area contributed by atoms with Crippen LogP contribution < -0.4 is 5.73 Å². The molecular formula is C11H9ClF3N3. The molecule has 2 N–H and O–H groups in total. The molecule has 0 saturated heterocycles. The van der Waals surface area contributed by atoms with Gasteiger partial charge in [-0.1, -0.05) is 17.7 Å². The first-order valence-electron chi connectivity index (χ1n) is 5.00. The second-order valence-corrected chi connectivity index (χ2v) is 4.21. The highest BCUT2D eigenvalue weighted by molar-refractivity contribution is 6.30. The average Bonchev–Trinajstić information content (AvgIpc) is 2.65. The van der Waals surface area contributed by atoms with Crippen molar-refractivity contribution in [3.8, 4) is 0 Å². The lowest BCUT2D eigenvalue weighted by Crippen LogP contribution is -2.12. The topological polar surface area (TPSA) is 43.8 Å². The standard InChI is InChI=1S/C11H9ClF3N3/c12-8-4-17-18(6-8)5-7-1-2-9(16)3-10(7)11(13,14)15/h1-4,6H,5,16H2. The van der Waals surface area contributed by atoms with Gasteiger partial charge in [-0.3, -0.25) is 4.68 Å². The molecule has 0 aliphatic carbocycles. The summed E-state index contributed by atoms with van der Waals surface area (Å²) in [6.07, 6.45) is -1.62. The van der Waals surface area contributed by atoms with Crippen LogP contribution in [0.2, 0.25) is 5.02 Å². The van der Waals surface area contributed by atoms with Crippen LogP contribution in [0.4, 0.5) is 18.9 Å². The number of alkyl halides is 3. The molecule has 0 atom stereocenters. The smallest absolute Gasteiger partial charge is 0.399 e. The van der Waals surface area contributed by atoms with Crippen LogP contribution in [0.3, 0.4) is 0 Å². The third-order valence-electron chi connectivity index (χ3n) is 2.37. The summed E-state index contributed by atoms with van der Waals surface area (Å²) in [5.74, 6) is 0. The third-order valence-corrected chi connectivity index (χ3v) is 2.57. The lowest BCUT2D eigenvalue weighted by molar-refractivity contribution is -0.138. The van der Waals surface area contributed by atoms with E-state index in [0.717, 1.165) is 6.07 Å². The minimum atomic E-state index is -4.44. The summed E-state index contributed by atoms with van der Waals surface area (Å²) in [4.78, 5) is 0. The highest BCUT2D eigenvalue weighted by atomic mass is 35.5. The van der Waals surface area contributed by atoms with Crippen LogP contribution in [0.15, 0.2) is 30.6 Å². The first-order valence-corrected chi connectivity index (χ1v) is 5.37. The van der Waals surface area contributed by atoms with Crippen LogP contribution in [-0.2, 0) is 12.7 Å². The minimum Gasteiger partial charge on any atom is -0.399 e. The molecule has 96 valence electrons. The molecule has 0 unspecified atom stereocenters. The molecule has 0 spiro atoms. The van der Waals surface area contributed by atoms with Gasteiger partial charge in [0, 0.05) is 11.9 Å². The predicted molar refractivity (Wildman–Crippen MR) is 62.2 cm³/mol. The Kier molecular flexibility index (Phi) is 3.21. The van der Waals surface area contributed by atoms with E-state index in [2.05, 4.69) is 5.10 Å². The highest BCUT2D eigenvalue weighted by Crippen LogP contribution is 2.33. The van der Waals surface area contributed by atoms with Crippen molar-refractivity contribution in [3.05, 3.63) is 46.7 Å². The minimum absolute atomic E-state index is 0.0121. The summed E-state index contributed by atoms with van der Waals surface area (Å²) in [5.41, 5.74) is 4.79. The number of hydrogen-bond acceptors (Lipinski definition) is 2. The van der Waals surface area contributed by atoms with Gasteiger partial charge in [0.1, 0.15) is 0 Å². The van der Waals surface area contributed by atoms with Crippen LogP contribution in [-0.4, -0.2) is 9.78 Å². The van der Waals surface area contributed by atoms with Crippen molar-refractivity contribution < 1.29 is 13.2 Å². The molecule has 1 aromatic carbocycles. The Morgan fingerprint density at radius 3 is 2.61 bits per heavy atom. The van der Waals surface area contributed by atoms with Gasteiger partial charge in [0.15, 0.2) is 0 Å². The number of aromatic nitrogens is 2. The van der Waals surface area contributed by atoms with E-state index >= 15 is 0 Å². The molecule has 2 rings (SSSR count). The van der Waals surface area contributed by atoms with E-state index < -0.39 is 11.7 Å². The molecule has 0 aliphatic heterocycles. The van der Waals surface area contributed by atoms with Gasteiger partial charge in [-0.2, -0.15) is 18.3 Å². The van der Waals surface area contributed by atoms with Crippen molar-refractivity contribution in [1.82, 2.24) is 9.78 Å². The fourth-order valence-electron chi connectivity index (χ4n) is 1.60. The van der Waals surface area contributed by atoms with Gasteiger partial charge in [-0.15, -0.1) is 0 Å². The molecule has 0 bridgehead atoms. The number of benzene rings is 1. The summed E-state index contributed by atoms with van der Waals surface area (Å²) in [5, 5.41) is 4.22. The third kappa shape index (κ3) is 2.76. The Hall–Kier alpha value is -1.69. The monoisotopic (exact) mass is 275 g/mol. The summed E-state index contributed by atoms with van der Waals surface area (Å²) >= 11 is 5.66. The van der Waals surface area contributed by atoms with Gasteiger partial charge in [-0.25, -0.2) is 0 Å². The molecule has 0 fully saturated rings. The van der Waals surface area contributed by atoms with Crippen LogP contribution in [0.25, 0.3) is 0 Å². The van der Waals surface area contributed by atoms with E-state index in [1.165, 1.54) is 29.2 Å². The lowest BCUT2D eigenvalue weighted by atomic mass is 10.1. The van der Waals surface area contributed by atoms with Crippen molar-refractivity contribution in [2.24, 2.45) is 0 Å². The van der Waals surface area contributed by atoms with E-state index in [-0.39, 0.29) is 17.8 Å². The summed E-state index contributed by atoms with van der Waals surface area (Å²) < 4.78 is 39.8. The Bertz CT molecular complexity index is 563. The zero-order valence-corrected chi connectivity index (χ0v) is 9.83. The van der Waals surface area contributed by atoms with Gasteiger partial charge < -0.3 is 5.73 Å². The molecule has 0 aliphatic rings. The van der Waals surface area contributed by atoms with Crippen molar-refractivity contribution >= 4 is 17.3 Å². The summed E-state index contributed by atoms with van der Waals surface area (Å²) in [7, 11) is 0. The molecule has 0 amide bonds. The molecule has 7 heteroatoms. The number of nitrogens with two attached hydrogens (primary N) is 1. The molecule has 18 heavy (non-hydrogen) atoms. The Labute approximate surface area is 106 Å². The Morgan fingerprint density at radius 1 is 1.33 bits per heavy atom. The first-order chi connectivity index (χ1) is 8.36. The molecule has 2 aromatic rings. The zero-order chi connectivity index (χ0) is 13.3. The molecular weight excluding hydrogens is 267 g/mol. The van der Waals surface area contributed by atoms with Crippen LogP contribution in [0, 0.1) is 0 Å². The van der Waals surface area contributed by atoms with Crippen LogP contribution >= 0.6 is 11.6 Å². The second-order valence-electron chi connectivity index (χ2n) is 3.77. The number of anilines is 1. The van der Waals surface area contributed by atoms with E-state index in [1.54, 1.807) is 0 Å². The second kappa shape index (κ2) is 4.53. The van der Waals surface area contributed by atoms with Crippen LogP contribution in [0.5, 0.6) is 0 Å². The number of hydrogen-bond donors (Lipinski definition) is 1. The number of rotatable bonds is 2. The SMILES string of the molecule is Nc1ccc(Cn2cc(Cl)cn2)c(C(F)(F)F)c1. The van der Waals surface area contributed by atoms with E-state index in [9.17, 15) is 13.2 Å². The molecule has 0 radical (unpaired) electrons. The maximum Gasteiger partial charge on any atom is 0.416 e. The van der Waals surface area contributed by atoms with E-state index in [1.807, 2.05) is 0 Å². The van der Waals surface area contributed by atoms with Crippen molar-refractivity contribution in [2.75, 3.05) is 5.73 Å². The van der Waals surface area contributed by atoms with Crippen molar-refractivity contribution in [3.63, 3.8) is 0 Å². The largest absolute Gasteiger partial charge is 0.416 e. The van der Waals surface area contributed by atoms with Crippen molar-refractivity contribution in [2.45, 2.75) is 12.7 Å². The normalized spacial score (nSPS) is 11.8. The maximum atomic E-state index is 12.8. The molecule has 3 nitrogen and oxygen atoms in total. The number of nitrogen functional groups attached to an aromatic ring is 1. The van der Waals surface area contributed by atoms with E-state index in [4.69, 9.17) is 17.3 Å². The van der Waals surface area contributed by atoms with E-state index in [0.29, 0.717) is 5.02 Å². The first kappa shape index (κ1) is 12.8. The molecule has 1 aromatic heterocycles. The fraction of sp³-hybridized carbons (Fsp3) is 0.182. The van der Waals surface area contributed by atoms with Gasteiger partial charge in [0.25, 0.3) is 0 Å². The van der Waals surface area contributed by atoms with Crippen LogP contribution in [0.1, 0.15) is 11.1 Å². The van der Waals surface area contributed by atoms with Gasteiger partial charge in [-0.05, 0) is 17.7 Å². The number of nitrogens with zero attached hydrogens (tertiary/aromatic N) is 2. The number of halogens is 4. The molecule has 1 heterocycles. The quantitative estimate of drug-likeness (QED) is 0.856. The fourth-order valence-corrected chi connectivity index (χ4v) is 1.75. The predicted octanol–water partition coefficient (Wildman–Crippen LogP) is 3.19.